The summed E-state index contributed by atoms with van der Waals surface area (Å²) in [6.07, 6.45) is 2.18. The van der Waals surface area contributed by atoms with Crippen LogP contribution in [0.1, 0.15) is 63.8 Å². The van der Waals surface area contributed by atoms with Gasteiger partial charge in [0, 0.05) is 5.56 Å². The van der Waals surface area contributed by atoms with E-state index in [1.165, 1.54) is 5.56 Å². The second-order valence-electron chi connectivity index (χ2n) is 5.90. The summed E-state index contributed by atoms with van der Waals surface area (Å²) in [7, 11) is 0. The lowest BCUT2D eigenvalue weighted by molar-refractivity contribution is 0.411. The fraction of sp³-hybridized carbons (Fsp3) is 0.474. The average molecular weight is 285 g/mol. The van der Waals surface area contributed by atoms with Gasteiger partial charge in [0.05, 0.1) is 6.04 Å². The summed E-state index contributed by atoms with van der Waals surface area (Å²) in [6.45, 7) is 9.83. The van der Waals surface area contributed by atoms with E-state index in [4.69, 9.17) is 4.42 Å². The van der Waals surface area contributed by atoms with Crippen molar-refractivity contribution >= 4 is 0 Å². The molecule has 0 radical (unpaired) electrons. The molecule has 2 nitrogen and oxygen atoms in total. The Morgan fingerprint density at radius 2 is 1.90 bits per heavy atom. The van der Waals surface area contributed by atoms with Crippen LogP contribution in [0.5, 0.6) is 0 Å². The van der Waals surface area contributed by atoms with Crippen molar-refractivity contribution in [2.45, 2.75) is 52.5 Å². The maximum Gasteiger partial charge on any atom is 0.134 e. The van der Waals surface area contributed by atoms with Crippen LogP contribution in [-0.2, 0) is 0 Å². The first-order valence-corrected chi connectivity index (χ1v) is 8.09. The molecule has 21 heavy (non-hydrogen) atoms. The summed E-state index contributed by atoms with van der Waals surface area (Å²) >= 11 is 0. The molecule has 2 aromatic rings. The van der Waals surface area contributed by atoms with Gasteiger partial charge in [0.2, 0.25) is 0 Å². The molecule has 0 saturated heterocycles. The minimum atomic E-state index is 0.312. The molecule has 1 aromatic carbocycles. The van der Waals surface area contributed by atoms with Crippen LogP contribution in [0.4, 0.5) is 0 Å². The fourth-order valence-electron chi connectivity index (χ4n) is 2.51. The monoisotopic (exact) mass is 285 g/mol. The first-order chi connectivity index (χ1) is 10.2. The molecule has 2 heteroatoms. The van der Waals surface area contributed by atoms with E-state index >= 15 is 0 Å². The summed E-state index contributed by atoms with van der Waals surface area (Å²) in [5.41, 5.74) is 2.51. The molecular formula is C19H27NO. The van der Waals surface area contributed by atoms with Gasteiger partial charge in [-0.15, -0.1) is 0 Å². The van der Waals surface area contributed by atoms with Crippen molar-refractivity contribution in [3.05, 3.63) is 47.7 Å². The van der Waals surface area contributed by atoms with E-state index in [1.54, 1.807) is 0 Å². The molecule has 0 spiro atoms. The van der Waals surface area contributed by atoms with Crippen molar-refractivity contribution in [1.29, 1.82) is 0 Å². The van der Waals surface area contributed by atoms with Crippen LogP contribution < -0.4 is 5.32 Å². The molecule has 1 aromatic heterocycles. The van der Waals surface area contributed by atoms with Crippen LogP contribution in [-0.4, -0.2) is 6.54 Å². The number of rotatable bonds is 7. The second kappa shape index (κ2) is 7.46. The van der Waals surface area contributed by atoms with Gasteiger partial charge in [-0.3, -0.25) is 0 Å². The van der Waals surface area contributed by atoms with Gasteiger partial charge in [0.25, 0.3) is 0 Å². The molecule has 2 rings (SSSR count). The first kappa shape index (κ1) is 15.8. The minimum absolute atomic E-state index is 0.312. The Hall–Kier alpha value is -1.54. The molecule has 0 aliphatic heterocycles. The molecule has 1 unspecified atom stereocenters. The Morgan fingerprint density at radius 1 is 1.10 bits per heavy atom. The van der Waals surface area contributed by atoms with Crippen LogP contribution in [0.3, 0.4) is 0 Å². The van der Waals surface area contributed by atoms with E-state index in [-0.39, 0.29) is 0 Å². The molecular weight excluding hydrogens is 258 g/mol. The summed E-state index contributed by atoms with van der Waals surface area (Å²) in [5.74, 6) is 2.54. The molecule has 1 heterocycles. The Kier molecular flexibility index (Phi) is 5.63. The molecule has 0 aliphatic carbocycles. The first-order valence-electron chi connectivity index (χ1n) is 8.09. The summed E-state index contributed by atoms with van der Waals surface area (Å²) in [4.78, 5) is 0. The second-order valence-corrected chi connectivity index (χ2v) is 5.90. The molecule has 0 amide bonds. The zero-order chi connectivity index (χ0) is 15.2. The van der Waals surface area contributed by atoms with E-state index in [9.17, 15) is 0 Å². The smallest absolute Gasteiger partial charge is 0.134 e. The summed E-state index contributed by atoms with van der Waals surface area (Å²) < 4.78 is 6.09. The van der Waals surface area contributed by atoms with Gasteiger partial charge in [-0.1, -0.05) is 45.9 Å². The van der Waals surface area contributed by atoms with Crippen molar-refractivity contribution in [3.63, 3.8) is 0 Å². The van der Waals surface area contributed by atoms with Crippen molar-refractivity contribution < 1.29 is 4.42 Å². The predicted molar refractivity (Wildman–Crippen MR) is 89.6 cm³/mol. The van der Waals surface area contributed by atoms with Gasteiger partial charge >= 0.3 is 0 Å². The highest BCUT2D eigenvalue weighted by Gasteiger charge is 2.14. The maximum atomic E-state index is 6.09. The topological polar surface area (TPSA) is 25.2 Å². The van der Waals surface area contributed by atoms with E-state index in [0.717, 1.165) is 36.5 Å². The van der Waals surface area contributed by atoms with Gasteiger partial charge < -0.3 is 9.73 Å². The van der Waals surface area contributed by atoms with E-state index in [2.05, 4.69) is 69.4 Å². The van der Waals surface area contributed by atoms with Gasteiger partial charge in [0.15, 0.2) is 0 Å². The number of nitrogens with one attached hydrogen (secondary N) is 1. The Bertz CT molecular complexity index is 556. The van der Waals surface area contributed by atoms with Gasteiger partial charge in [-0.25, -0.2) is 0 Å². The van der Waals surface area contributed by atoms with Crippen molar-refractivity contribution in [3.8, 4) is 11.3 Å². The van der Waals surface area contributed by atoms with E-state index in [1.807, 2.05) is 0 Å². The quantitative estimate of drug-likeness (QED) is 0.724. The predicted octanol–water partition coefficient (Wildman–Crippen LogP) is 5.52. The zero-order valence-corrected chi connectivity index (χ0v) is 13.6. The van der Waals surface area contributed by atoms with Crippen LogP contribution in [0.2, 0.25) is 0 Å². The summed E-state index contributed by atoms with van der Waals surface area (Å²) in [5, 5.41) is 3.54. The third kappa shape index (κ3) is 3.98. The fourth-order valence-corrected chi connectivity index (χ4v) is 2.51. The Morgan fingerprint density at radius 3 is 2.57 bits per heavy atom. The number of benzene rings is 1. The lowest BCUT2D eigenvalue weighted by Gasteiger charge is -2.13. The molecule has 0 aliphatic rings. The normalized spacial score (nSPS) is 12.8. The third-order valence-electron chi connectivity index (χ3n) is 3.86. The highest BCUT2D eigenvalue weighted by molar-refractivity contribution is 5.59. The Labute approximate surface area is 128 Å². The molecule has 1 N–H and O–H groups in total. The van der Waals surface area contributed by atoms with E-state index in [0.29, 0.717) is 12.0 Å². The van der Waals surface area contributed by atoms with Crippen LogP contribution in [0.25, 0.3) is 11.3 Å². The van der Waals surface area contributed by atoms with Crippen molar-refractivity contribution in [2.24, 2.45) is 0 Å². The number of furan rings is 1. The van der Waals surface area contributed by atoms with Crippen LogP contribution in [0.15, 0.2) is 40.8 Å². The molecule has 0 bridgehead atoms. The number of hydrogen-bond donors (Lipinski definition) is 1. The molecule has 0 saturated carbocycles. The standard InChI is InChI=1S/C19H27NO/c1-5-12-20-17(6-2)19-11-10-18(21-19)16-9-7-8-15(13-16)14(3)4/h7-11,13-14,17,20H,5-6,12H2,1-4H3. The van der Waals surface area contributed by atoms with Crippen molar-refractivity contribution in [1.82, 2.24) is 5.32 Å². The minimum Gasteiger partial charge on any atom is -0.459 e. The average Bonchev–Trinajstić information content (AvgIpc) is 2.98. The summed E-state index contributed by atoms with van der Waals surface area (Å²) in [6, 6.07) is 13.1. The van der Waals surface area contributed by atoms with Gasteiger partial charge in [-0.05, 0) is 49.1 Å². The van der Waals surface area contributed by atoms with Crippen molar-refractivity contribution in [2.75, 3.05) is 6.54 Å². The van der Waals surface area contributed by atoms with Crippen LogP contribution >= 0.6 is 0 Å². The Balaban J connectivity index is 2.20. The van der Waals surface area contributed by atoms with Gasteiger partial charge in [-0.2, -0.15) is 0 Å². The van der Waals surface area contributed by atoms with E-state index < -0.39 is 0 Å². The number of hydrogen-bond acceptors (Lipinski definition) is 2. The van der Waals surface area contributed by atoms with Gasteiger partial charge in [0.1, 0.15) is 11.5 Å². The lowest BCUT2D eigenvalue weighted by Crippen LogP contribution is -2.20. The molecule has 114 valence electrons. The maximum absolute atomic E-state index is 6.09. The highest BCUT2D eigenvalue weighted by Crippen LogP contribution is 2.28. The van der Waals surface area contributed by atoms with Crippen LogP contribution in [0, 0.1) is 0 Å². The highest BCUT2D eigenvalue weighted by atomic mass is 16.3. The zero-order valence-electron chi connectivity index (χ0n) is 13.6. The lowest BCUT2D eigenvalue weighted by atomic mass is 10.0. The molecule has 0 fully saturated rings. The molecule has 1 atom stereocenters. The third-order valence-corrected chi connectivity index (χ3v) is 3.86. The SMILES string of the molecule is CCCNC(CC)c1ccc(-c2cccc(C(C)C)c2)o1. The largest absolute Gasteiger partial charge is 0.459 e.